The van der Waals surface area contributed by atoms with Gasteiger partial charge in [-0.15, -0.1) is 11.3 Å². The second kappa shape index (κ2) is 6.49. The molecule has 0 aliphatic heterocycles. The molecule has 0 radical (unpaired) electrons. The Morgan fingerprint density at radius 1 is 1.40 bits per heavy atom. The molecular weight excluding hydrogens is 346 g/mol. The van der Waals surface area contributed by atoms with Crippen LogP contribution in [0.3, 0.4) is 0 Å². The van der Waals surface area contributed by atoms with E-state index in [2.05, 4.69) is 26.2 Å². The summed E-state index contributed by atoms with van der Waals surface area (Å²) >= 11 is 4.66. The molecule has 2 rings (SSSR count). The Bertz CT molecular complexity index is 644. The highest BCUT2D eigenvalue weighted by molar-refractivity contribution is 9.10. The highest BCUT2D eigenvalue weighted by Gasteiger charge is 2.09. The van der Waals surface area contributed by atoms with E-state index in [0.29, 0.717) is 5.13 Å². The summed E-state index contributed by atoms with van der Waals surface area (Å²) in [6.45, 7) is -0.304. The van der Waals surface area contributed by atoms with Crippen molar-refractivity contribution < 1.29 is 14.7 Å². The van der Waals surface area contributed by atoms with Gasteiger partial charge in [-0.3, -0.25) is 4.79 Å². The lowest BCUT2D eigenvalue weighted by Crippen LogP contribution is -2.31. The summed E-state index contributed by atoms with van der Waals surface area (Å²) in [5.74, 6) is -0.456. The van der Waals surface area contributed by atoms with E-state index in [4.69, 9.17) is 5.11 Å². The summed E-state index contributed by atoms with van der Waals surface area (Å²) in [4.78, 5) is 26.0. The summed E-state index contributed by atoms with van der Waals surface area (Å²) < 4.78 is 0.944. The van der Waals surface area contributed by atoms with E-state index in [1.807, 2.05) is 35.0 Å². The minimum Gasteiger partial charge on any atom is -0.465 e. The van der Waals surface area contributed by atoms with E-state index in [1.165, 1.54) is 11.3 Å². The molecule has 1 aromatic carbocycles. The summed E-state index contributed by atoms with van der Waals surface area (Å²) in [6, 6.07) is 7.65. The van der Waals surface area contributed by atoms with E-state index in [9.17, 15) is 9.59 Å². The predicted octanol–water partition coefficient (Wildman–Crippen LogP) is 2.78. The zero-order valence-electron chi connectivity index (χ0n) is 10.1. The molecule has 8 heteroatoms. The molecule has 0 aliphatic rings. The van der Waals surface area contributed by atoms with Gasteiger partial charge in [0.1, 0.15) is 6.54 Å². The number of aromatic nitrogens is 1. The molecule has 104 valence electrons. The van der Waals surface area contributed by atoms with Gasteiger partial charge in [-0.2, -0.15) is 0 Å². The van der Waals surface area contributed by atoms with E-state index >= 15 is 0 Å². The van der Waals surface area contributed by atoms with Gasteiger partial charge in [0.05, 0.1) is 5.69 Å². The number of amides is 2. The highest BCUT2D eigenvalue weighted by Crippen LogP contribution is 2.26. The minimum absolute atomic E-state index is 0.304. The number of rotatable bonds is 4. The van der Waals surface area contributed by atoms with Gasteiger partial charge >= 0.3 is 6.09 Å². The second-order valence-electron chi connectivity index (χ2n) is 3.76. The molecule has 0 saturated heterocycles. The normalized spacial score (nSPS) is 10.1. The first-order valence-corrected chi connectivity index (χ1v) is 7.20. The van der Waals surface area contributed by atoms with Crippen LogP contribution in [0.4, 0.5) is 9.93 Å². The summed E-state index contributed by atoms with van der Waals surface area (Å²) in [6.07, 6.45) is -1.24. The molecule has 0 saturated carbocycles. The van der Waals surface area contributed by atoms with Crippen LogP contribution in [0.5, 0.6) is 0 Å². The zero-order chi connectivity index (χ0) is 14.5. The van der Waals surface area contributed by atoms with Crippen LogP contribution in [-0.2, 0) is 4.79 Å². The van der Waals surface area contributed by atoms with E-state index in [0.717, 1.165) is 15.7 Å². The number of carbonyl (C=O) groups excluding carboxylic acids is 1. The van der Waals surface area contributed by atoms with Crippen molar-refractivity contribution in [3.05, 3.63) is 34.1 Å². The lowest BCUT2D eigenvalue weighted by molar-refractivity contribution is -0.115. The summed E-state index contributed by atoms with van der Waals surface area (Å²) in [7, 11) is 0. The van der Waals surface area contributed by atoms with Crippen LogP contribution < -0.4 is 10.6 Å². The molecule has 2 amide bonds. The molecule has 6 nitrogen and oxygen atoms in total. The van der Waals surface area contributed by atoms with Crippen LogP contribution in [-0.4, -0.2) is 28.6 Å². The number of anilines is 1. The molecular formula is C12H10BrN3O3S. The van der Waals surface area contributed by atoms with Crippen molar-refractivity contribution in [3.63, 3.8) is 0 Å². The van der Waals surface area contributed by atoms with Crippen molar-refractivity contribution in [1.29, 1.82) is 0 Å². The fraction of sp³-hybridized carbons (Fsp3) is 0.0833. The first-order chi connectivity index (χ1) is 9.54. The van der Waals surface area contributed by atoms with Crippen molar-refractivity contribution in [2.24, 2.45) is 0 Å². The molecule has 0 atom stereocenters. The maximum absolute atomic E-state index is 11.4. The Morgan fingerprint density at radius 2 is 2.20 bits per heavy atom. The van der Waals surface area contributed by atoms with Crippen LogP contribution in [0, 0.1) is 0 Å². The van der Waals surface area contributed by atoms with Crippen molar-refractivity contribution in [2.75, 3.05) is 11.9 Å². The molecule has 0 bridgehead atoms. The number of carbonyl (C=O) groups is 2. The zero-order valence-corrected chi connectivity index (χ0v) is 12.5. The number of halogens is 1. The van der Waals surface area contributed by atoms with Crippen molar-refractivity contribution in [1.82, 2.24) is 10.3 Å². The van der Waals surface area contributed by atoms with Gasteiger partial charge in [0.25, 0.3) is 0 Å². The van der Waals surface area contributed by atoms with E-state index < -0.39 is 12.0 Å². The largest absolute Gasteiger partial charge is 0.465 e. The standard InChI is InChI=1S/C12H10BrN3O3S/c13-8-3-1-2-7(4-8)9-6-20-11(15-9)16-10(17)5-14-12(18)19/h1-4,6,14H,5H2,(H,18,19)(H,15,16,17). The number of thiazole rings is 1. The first kappa shape index (κ1) is 14.5. The van der Waals surface area contributed by atoms with Crippen molar-refractivity contribution in [3.8, 4) is 11.3 Å². The van der Waals surface area contributed by atoms with Crippen LogP contribution in [0.2, 0.25) is 0 Å². The number of hydrogen-bond donors (Lipinski definition) is 3. The van der Waals surface area contributed by atoms with Gasteiger partial charge in [-0.05, 0) is 12.1 Å². The fourth-order valence-corrected chi connectivity index (χ4v) is 2.57. The third-order valence-electron chi connectivity index (χ3n) is 2.27. The van der Waals surface area contributed by atoms with Gasteiger partial charge < -0.3 is 15.7 Å². The monoisotopic (exact) mass is 355 g/mol. The number of carboxylic acid groups (broad SMARTS) is 1. The van der Waals surface area contributed by atoms with Gasteiger partial charge in [0, 0.05) is 15.4 Å². The quantitative estimate of drug-likeness (QED) is 0.786. The van der Waals surface area contributed by atoms with Crippen LogP contribution >= 0.6 is 27.3 Å². The summed E-state index contributed by atoms with van der Waals surface area (Å²) in [5, 5.41) is 15.2. The minimum atomic E-state index is -1.24. The number of nitrogens with one attached hydrogen (secondary N) is 2. The van der Waals surface area contributed by atoms with Gasteiger partial charge in [0.2, 0.25) is 5.91 Å². The van der Waals surface area contributed by atoms with Crippen molar-refractivity contribution in [2.45, 2.75) is 0 Å². The number of nitrogens with zero attached hydrogens (tertiary/aromatic N) is 1. The molecule has 1 heterocycles. The van der Waals surface area contributed by atoms with Crippen LogP contribution in [0.1, 0.15) is 0 Å². The average molecular weight is 356 g/mol. The van der Waals surface area contributed by atoms with Gasteiger partial charge in [-0.25, -0.2) is 9.78 Å². The molecule has 0 spiro atoms. The van der Waals surface area contributed by atoms with Crippen LogP contribution in [0.15, 0.2) is 34.1 Å². The fourth-order valence-electron chi connectivity index (χ4n) is 1.43. The van der Waals surface area contributed by atoms with E-state index in [1.54, 1.807) is 0 Å². The lowest BCUT2D eigenvalue weighted by atomic mass is 10.2. The molecule has 1 aromatic heterocycles. The first-order valence-electron chi connectivity index (χ1n) is 5.53. The highest BCUT2D eigenvalue weighted by atomic mass is 79.9. The third kappa shape index (κ3) is 4.04. The topological polar surface area (TPSA) is 91.3 Å². The number of hydrogen-bond acceptors (Lipinski definition) is 4. The Labute approximate surface area is 127 Å². The lowest BCUT2D eigenvalue weighted by Gasteiger charge is -2.01. The average Bonchev–Trinajstić information content (AvgIpc) is 2.85. The van der Waals surface area contributed by atoms with E-state index in [-0.39, 0.29) is 6.54 Å². The Hall–Kier alpha value is -1.93. The molecule has 0 aliphatic carbocycles. The third-order valence-corrected chi connectivity index (χ3v) is 3.52. The Morgan fingerprint density at radius 3 is 2.90 bits per heavy atom. The predicted molar refractivity (Wildman–Crippen MR) is 79.9 cm³/mol. The molecule has 2 aromatic rings. The SMILES string of the molecule is O=C(O)NCC(=O)Nc1nc(-c2cccc(Br)c2)cs1. The number of benzene rings is 1. The molecule has 20 heavy (non-hydrogen) atoms. The maximum atomic E-state index is 11.4. The molecule has 0 fully saturated rings. The summed E-state index contributed by atoms with van der Waals surface area (Å²) in [5.41, 5.74) is 1.68. The van der Waals surface area contributed by atoms with Crippen molar-refractivity contribution >= 4 is 44.4 Å². The second-order valence-corrected chi connectivity index (χ2v) is 5.53. The Kier molecular flexibility index (Phi) is 4.70. The van der Waals surface area contributed by atoms with Gasteiger partial charge in [-0.1, -0.05) is 28.1 Å². The smallest absolute Gasteiger partial charge is 0.405 e. The molecule has 3 N–H and O–H groups in total. The Balaban J connectivity index is 2.02. The molecule has 0 unspecified atom stereocenters. The maximum Gasteiger partial charge on any atom is 0.405 e. The van der Waals surface area contributed by atoms with Gasteiger partial charge in [0.15, 0.2) is 5.13 Å². The van der Waals surface area contributed by atoms with Crippen LogP contribution in [0.25, 0.3) is 11.3 Å².